The van der Waals surface area contributed by atoms with E-state index >= 15 is 0 Å². The normalized spacial score (nSPS) is 23.2. The standard InChI is InChI=1S/C42H53N5O5S/c1-52-36-19-9-8-18-35(36)46-25-11-10-17-33(41(46)50)44-39(48)31(27-29-13-4-2-5-14-29)22-23-32(28-30-15-6-3-7-16-30)40(49)45-34-24-26-53-38-21-12-20-37(43)47(38)42(34)51/h2-9,13-16,18-19,31-34,37-38H,10-12,17,20-28,43H2,1H3,(H,44,48)(H,45,49)/t31-,32-,33+,34+,37?,38+/m1/s1. The summed E-state index contributed by atoms with van der Waals surface area (Å²) in [6, 6.07) is 25.9. The molecule has 1 unspecified atom stereocenters. The Balaban J connectivity index is 1.19. The van der Waals surface area contributed by atoms with E-state index < -0.39 is 23.9 Å². The summed E-state index contributed by atoms with van der Waals surface area (Å²) in [5.41, 5.74) is 9.14. The Morgan fingerprint density at radius 3 is 1.96 bits per heavy atom. The largest absolute Gasteiger partial charge is 0.495 e. The fraction of sp³-hybridized carbons (Fsp3) is 0.476. The molecule has 0 spiro atoms. The van der Waals surface area contributed by atoms with Crippen molar-refractivity contribution in [1.82, 2.24) is 15.5 Å². The molecule has 282 valence electrons. The fourth-order valence-corrected chi connectivity index (χ4v) is 9.32. The SMILES string of the molecule is COc1ccccc1N1CCCC[C@H](NC(=O)[C@H](CC[C@H](Cc2ccccc2)C(=O)N[C@H]2CCS[C@H]3CCCC(N)N3C2=O)Cc2ccccc2)C1=O. The molecule has 0 radical (unpaired) electrons. The highest BCUT2D eigenvalue weighted by Crippen LogP contribution is 2.34. The first-order chi connectivity index (χ1) is 25.8. The lowest BCUT2D eigenvalue weighted by Crippen LogP contribution is -2.58. The average Bonchev–Trinajstić information content (AvgIpc) is 3.46. The number of carbonyl (C=O) groups excluding carboxylic acids is 4. The second-order valence-electron chi connectivity index (χ2n) is 14.5. The Labute approximate surface area is 317 Å². The van der Waals surface area contributed by atoms with Crippen molar-refractivity contribution in [2.24, 2.45) is 17.6 Å². The molecule has 4 amide bonds. The molecule has 6 atom stereocenters. The number of anilines is 1. The van der Waals surface area contributed by atoms with Crippen LogP contribution in [-0.2, 0) is 32.0 Å². The summed E-state index contributed by atoms with van der Waals surface area (Å²) in [7, 11) is 1.59. The van der Waals surface area contributed by atoms with Gasteiger partial charge in [0.05, 0.1) is 24.3 Å². The number of nitrogens with zero attached hydrogens (tertiary/aromatic N) is 2. The van der Waals surface area contributed by atoms with Crippen LogP contribution in [0.4, 0.5) is 5.69 Å². The lowest BCUT2D eigenvalue weighted by atomic mass is 9.86. The molecule has 0 bridgehead atoms. The Kier molecular flexibility index (Phi) is 13.5. The summed E-state index contributed by atoms with van der Waals surface area (Å²) in [5.74, 6) is -0.221. The molecule has 3 heterocycles. The van der Waals surface area contributed by atoms with Crippen molar-refractivity contribution < 1.29 is 23.9 Å². The minimum atomic E-state index is -0.680. The third-order valence-corrected chi connectivity index (χ3v) is 12.2. The quantitative estimate of drug-likeness (QED) is 0.213. The number of ether oxygens (including phenoxy) is 1. The van der Waals surface area contributed by atoms with Gasteiger partial charge in [-0.3, -0.25) is 19.2 Å². The summed E-state index contributed by atoms with van der Waals surface area (Å²) in [6.07, 6.45) is 6.83. The van der Waals surface area contributed by atoms with Crippen LogP contribution in [-0.4, -0.2) is 71.6 Å². The topological polar surface area (TPSA) is 134 Å². The first kappa shape index (κ1) is 38.4. The van der Waals surface area contributed by atoms with Crippen LogP contribution in [0.25, 0.3) is 0 Å². The number of nitrogens with two attached hydrogens (primary N) is 1. The van der Waals surface area contributed by atoms with Crippen molar-refractivity contribution in [3.8, 4) is 5.75 Å². The van der Waals surface area contributed by atoms with E-state index in [0.29, 0.717) is 56.5 Å². The van der Waals surface area contributed by atoms with Crippen molar-refractivity contribution in [3.05, 3.63) is 96.1 Å². The van der Waals surface area contributed by atoms with Gasteiger partial charge in [-0.1, -0.05) is 72.8 Å². The fourth-order valence-electron chi connectivity index (χ4n) is 7.92. The molecule has 3 aliphatic heterocycles. The van der Waals surface area contributed by atoms with Crippen molar-refractivity contribution in [3.63, 3.8) is 0 Å². The van der Waals surface area contributed by atoms with Gasteiger partial charge >= 0.3 is 0 Å². The summed E-state index contributed by atoms with van der Waals surface area (Å²) in [5, 5.41) is 6.32. The molecule has 3 aromatic rings. The number of carbonyl (C=O) groups is 4. The van der Waals surface area contributed by atoms with E-state index in [9.17, 15) is 19.2 Å². The molecular formula is C42H53N5O5S. The van der Waals surface area contributed by atoms with Gasteiger partial charge < -0.3 is 30.9 Å². The van der Waals surface area contributed by atoms with Crippen LogP contribution in [0, 0.1) is 11.8 Å². The number of methoxy groups -OCH3 is 1. The highest BCUT2D eigenvalue weighted by atomic mass is 32.2. The highest BCUT2D eigenvalue weighted by Gasteiger charge is 2.40. The summed E-state index contributed by atoms with van der Waals surface area (Å²) < 4.78 is 5.57. The van der Waals surface area contributed by atoms with E-state index in [-0.39, 0.29) is 35.2 Å². The van der Waals surface area contributed by atoms with E-state index in [4.69, 9.17) is 10.5 Å². The van der Waals surface area contributed by atoms with Gasteiger partial charge in [-0.25, -0.2) is 0 Å². The van der Waals surface area contributed by atoms with E-state index in [1.807, 2.05) is 84.9 Å². The number of benzene rings is 3. The predicted molar refractivity (Wildman–Crippen MR) is 209 cm³/mol. The number of piperidine rings is 1. The maximum absolute atomic E-state index is 14.3. The molecule has 3 fully saturated rings. The van der Waals surface area contributed by atoms with E-state index in [2.05, 4.69) is 10.6 Å². The zero-order chi connectivity index (χ0) is 37.2. The maximum atomic E-state index is 14.3. The summed E-state index contributed by atoms with van der Waals surface area (Å²) in [4.78, 5) is 59.8. The molecule has 4 N–H and O–H groups in total. The number of nitrogens with one attached hydrogen (secondary N) is 2. The zero-order valence-corrected chi connectivity index (χ0v) is 31.5. The monoisotopic (exact) mass is 739 g/mol. The maximum Gasteiger partial charge on any atom is 0.249 e. The number of thioether (sulfide) groups is 1. The van der Waals surface area contributed by atoms with Crippen molar-refractivity contribution in [2.75, 3.05) is 24.3 Å². The molecule has 10 nitrogen and oxygen atoms in total. The molecule has 11 heteroatoms. The smallest absolute Gasteiger partial charge is 0.249 e. The summed E-state index contributed by atoms with van der Waals surface area (Å²) >= 11 is 1.75. The minimum absolute atomic E-state index is 0.0488. The van der Waals surface area contributed by atoms with Crippen LogP contribution < -0.4 is 26.0 Å². The van der Waals surface area contributed by atoms with Crippen LogP contribution in [0.1, 0.15) is 68.9 Å². The number of hydrogen-bond donors (Lipinski definition) is 3. The van der Waals surface area contributed by atoms with Crippen LogP contribution in [0.3, 0.4) is 0 Å². The average molecular weight is 740 g/mol. The van der Waals surface area contributed by atoms with Crippen LogP contribution in [0.5, 0.6) is 5.75 Å². The highest BCUT2D eigenvalue weighted by molar-refractivity contribution is 7.99. The first-order valence-corrected chi connectivity index (χ1v) is 20.2. The van der Waals surface area contributed by atoms with Crippen LogP contribution in [0.15, 0.2) is 84.9 Å². The van der Waals surface area contributed by atoms with Gasteiger partial charge in [0.2, 0.25) is 23.6 Å². The number of fused-ring (bicyclic) bond motifs is 1. The van der Waals surface area contributed by atoms with Gasteiger partial charge in [0.25, 0.3) is 0 Å². The molecular weight excluding hydrogens is 687 g/mol. The van der Waals surface area contributed by atoms with Crippen molar-refractivity contribution in [1.29, 1.82) is 0 Å². The first-order valence-electron chi connectivity index (χ1n) is 19.1. The molecule has 6 rings (SSSR count). The minimum Gasteiger partial charge on any atom is -0.495 e. The zero-order valence-electron chi connectivity index (χ0n) is 30.7. The molecule has 0 saturated carbocycles. The summed E-state index contributed by atoms with van der Waals surface area (Å²) in [6.45, 7) is 0.543. The number of para-hydroxylation sites is 2. The molecule has 0 aliphatic carbocycles. The van der Waals surface area contributed by atoms with Gasteiger partial charge in [-0.15, -0.1) is 11.8 Å². The van der Waals surface area contributed by atoms with E-state index in [1.165, 1.54) is 0 Å². The third-order valence-electron chi connectivity index (χ3n) is 10.8. The number of amides is 4. The van der Waals surface area contributed by atoms with Crippen molar-refractivity contribution in [2.45, 2.75) is 94.3 Å². The number of rotatable bonds is 13. The molecule has 0 aromatic heterocycles. The molecule has 3 aromatic carbocycles. The second-order valence-corrected chi connectivity index (χ2v) is 15.8. The molecule has 3 aliphatic rings. The Bertz CT molecular complexity index is 1690. The lowest BCUT2D eigenvalue weighted by Gasteiger charge is -2.39. The Morgan fingerprint density at radius 1 is 0.755 bits per heavy atom. The predicted octanol–water partition coefficient (Wildman–Crippen LogP) is 5.44. The second kappa shape index (κ2) is 18.6. The number of hydrogen-bond acceptors (Lipinski definition) is 7. The third kappa shape index (κ3) is 9.80. The Morgan fingerprint density at radius 2 is 1.34 bits per heavy atom. The van der Waals surface area contributed by atoms with Gasteiger partial charge in [0, 0.05) is 18.4 Å². The van der Waals surface area contributed by atoms with E-state index in [0.717, 1.165) is 49.0 Å². The van der Waals surface area contributed by atoms with Gasteiger partial charge in [0.15, 0.2) is 0 Å². The molecule has 53 heavy (non-hydrogen) atoms. The van der Waals surface area contributed by atoms with E-state index in [1.54, 1.807) is 28.7 Å². The van der Waals surface area contributed by atoms with Gasteiger partial charge in [-0.2, -0.15) is 0 Å². The van der Waals surface area contributed by atoms with Crippen molar-refractivity contribution >= 4 is 41.1 Å². The van der Waals surface area contributed by atoms with Gasteiger partial charge in [0.1, 0.15) is 17.8 Å². The van der Waals surface area contributed by atoms with Crippen LogP contribution >= 0.6 is 11.8 Å². The Hall–Kier alpha value is -4.35. The molecule has 3 saturated heterocycles. The lowest BCUT2D eigenvalue weighted by molar-refractivity contribution is -0.141. The van der Waals surface area contributed by atoms with Gasteiger partial charge in [-0.05, 0) is 99.6 Å². The van der Waals surface area contributed by atoms with Crippen LogP contribution in [0.2, 0.25) is 0 Å².